The van der Waals surface area contributed by atoms with Crippen LogP contribution in [0.25, 0.3) is 0 Å². The Kier molecular flexibility index (Phi) is 9.91. The molecular formula is C30H33F5N2O3S. The van der Waals surface area contributed by atoms with Crippen molar-refractivity contribution in [3.05, 3.63) is 88.5 Å². The van der Waals surface area contributed by atoms with E-state index >= 15 is 0 Å². The van der Waals surface area contributed by atoms with Crippen molar-refractivity contribution in [2.24, 2.45) is 0 Å². The fourth-order valence-corrected chi connectivity index (χ4v) is 5.89. The van der Waals surface area contributed by atoms with Crippen LogP contribution in [0, 0.1) is 11.6 Å². The van der Waals surface area contributed by atoms with Crippen molar-refractivity contribution in [3.8, 4) is 5.75 Å². The molecule has 0 aliphatic carbocycles. The Morgan fingerprint density at radius 3 is 2.44 bits per heavy atom. The van der Waals surface area contributed by atoms with Gasteiger partial charge in [-0.25, -0.2) is 17.2 Å². The minimum Gasteiger partial charge on any atom is -0.493 e. The van der Waals surface area contributed by atoms with E-state index in [0.717, 1.165) is 55.0 Å². The highest BCUT2D eigenvalue weighted by Crippen LogP contribution is 2.32. The van der Waals surface area contributed by atoms with E-state index in [1.54, 1.807) is 12.1 Å². The summed E-state index contributed by atoms with van der Waals surface area (Å²) in [6.45, 7) is 4.19. The molecule has 41 heavy (non-hydrogen) atoms. The predicted molar refractivity (Wildman–Crippen MR) is 147 cm³/mol. The number of anilines is 1. The number of rotatable bonds is 12. The SMILES string of the molecule is CCCCCCOc1ccc(NS(=O)(=O)c2ccc3c(c2)CCN(CCc2ccc(C(F)(F)F)c(F)c2)C3)c(F)c1. The van der Waals surface area contributed by atoms with Gasteiger partial charge in [-0.2, -0.15) is 13.2 Å². The zero-order valence-corrected chi connectivity index (χ0v) is 23.6. The summed E-state index contributed by atoms with van der Waals surface area (Å²) in [6, 6.07) is 11.7. The lowest BCUT2D eigenvalue weighted by molar-refractivity contribution is -0.140. The number of hydrogen-bond donors (Lipinski definition) is 1. The second-order valence-electron chi connectivity index (χ2n) is 10.2. The van der Waals surface area contributed by atoms with E-state index < -0.39 is 33.4 Å². The molecule has 0 radical (unpaired) electrons. The van der Waals surface area contributed by atoms with Gasteiger partial charge >= 0.3 is 6.18 Å². The molecule has 3 aromatic rings. The van der Waals surface area contributed by atoms with Crippen LogP contribution in [0.1, 0.15) is 54.9 Å². The third kappa shape index (κ3) is 8.19. The van der Waals surface area contributed by atoms with Gasteiger partial charge in [0.1, 0.15) is 11.6 Å². The number of alkyl halides is 3. The Balaban J connectivity index is 1.34. The molecule has 0 atom stereocenters. The molecule has 1 aliphatic rings. The summed E-state index contributed by atoms with van der Waals surface area (Å²) in [5.74, 6) is -1.69. The fraction of sp³-hybridized carbons (Fsp3) is 0.400. The van der Waals surface area contributed by atoms with E-state index in [2.05, 4.69) is 16.5 Å². The highest BCUT2D eigenvalue weighted by Gasteiger charge is 2.34. The second-order valence-corrected chi connectivity index (χ2v) is 11.9. The number of nitrogens with one attached hydrogen (secondary N) is 1. The first-order chi connectivity index (χ1) is 19.5. The Morgan fingerprint density at radius 2 is 1.73 bits per heavy atom. The monoisotopic (exact) mass is 596 g/mol. The first kappa shape index (κ1) is 30.8. The number of ether oxygens (including phenoxy) is 1. The fourth-order valence-electron chi connectivity index (χ4n) is 4.77. The van der Waals surface area contributed by atoms with Crippen LogP contribution in [0.2, 0.25) is 0 Å². The average molecular weight is 597 g/mol. The normalized spacial score (nSPS) is 14.1. The van der Waals surface area contributed by atoms with E-state index in [0.29, 0.717) is 50.4 Å². The van der Waals surface area contributed by atoms with E-state index in [1.165, 1.54) is 24.3 Å². The van der Waals surface area contributed by atoms with Crippen LogP contribution < -0.4 is 9.46 Å². The first-order valence-corrected chi connectivity index (χ1v) is 15.1. The summed E-state index contributed by atoms with van der Waals surface area (Å²) in [6.07, 6.45) is 0.284. The van der Waals surface area contributed by atoms with Crippen molar-refractivity contribution in [2.45, 2.75) is 63.1 Å². The lowest BCUT2D eigenvalue weighted by Crippen LogP contribution is -2.32. The molecule has 0 unspecified atom stereocenters. The molecule has 0 spiro atoms. The Labute approximate surface area is 237 Å². The number of unbranched alkanes of at least 4 members (excludes halogenated alkanes) is 3. The van der Waals surface area contributed by atoms with Crippen LogP contribution in [-0.2, 0) is 35.6 Å². The Hall–Kier alpha value is -3.18. The zero-order chi connectivity index (χ0) is 29.6. The summed E-state index contributed by atoms with van der Waals surface area (Å²) in [5, 5.41) is 0. The highest BCUT2D eigenvalue weighted by molar-refractivity contribution is 7.92. The summed E-state index contributed by atoms with van der Waals surface area (Å²) in [7, 11) is -4.05. The number of benzene rings is 3. The maximum Gasteiger partial charge on any atom is 0.419 e. The molecule has 0 aromatic heterocycles. The van der Waals surface area contributed by atoms with Gasteiger partial charge in [0.15, 0.2) is 5.82 Å². The second kappa shape index (κ2) is 13.2. The van der Waals surface area contributed by atoms with Crippen molar-refractivity contribution in [1.82, 2.24) is 4.90 Å². The highest BCUT2D eigenvalue weighted by atomic mass is 32.2. The third-order valence-electron chi connectivity index (χ3n) is 7.09. The average Bonchev–Trinajstić information content (AvgIpc) is 2.92. The van der Waals surface area contributed by atoms with Crippen molar-refractivity contribution >= 4 is 15.7 Å². The van der Waals surface area contributed by atoms with E-state index in [1.807, 2.05) is 0 Å². The van der Waals surface area contributed by atoms with Crippen LogP contribution in [-0.4, -0.2) is 33.0 Å². The number of fused-ring (bicyclic) bond motifs is 1. The molecule has 11 heteroatoms. The number of nitrogens with zero attached hydrogens (tertiary/aromatic N) is 1. The van der Waals surface area contributed by atoms with Gasteiger partial charge in [-0.15, -0.1) is 0 Å². The summed E-state index contributed by atoms with van der Waals surface area (Å²) < 4.78 is 101. The van der Waals surface area contributed by atoms with Gasteiger partial charge in [0, 0.05) is 25.7 Å². The minimum atomic E-state index is -4.73. The Bertz CT molecular complexity index is 1460. The van der Waals surface area contributed by atoms with Gasteiger partial charge in [-0.05, 0) is 72.4 Å². The van der Waals surface area contributed by atoms with Crippen LogP contribution in [0.4, 0.5) is 27.6 Å². The minimum absolute atomic E-state index is 0.0144. The van der Waals surface area contributed by atoms with Gasteiger partial charge in [0.05, 0.1) is 22.8 Å². The van der Waals surface area contributed by atoms with Crippen LogP contribution in [0.15, 0.2) is 59.5 Å². The number of sulfonamides is 1. The van der Waals surface area contributed by atoms with E-state index in [-0.39, 0.29) is 10.6 Å². The molecule has 3 aromatic carbocycles. The predicted octanol–water partition coefficient (Wildman–Crippen LogP) is 7.34. The molecule has 0 bridgehead atoms. The molecule has 1 aliphatic heterocycles. The van der Waals surface area contributed by atoms with Crippen molar-refractivity contribution < 1.29 is 35.1 Å². The standard InChI is InChI=1S/C30H33F5N2O3S/c1-2-3-4-5-16-40-24-8-11-29(28(32)19-24)36-41(38,39)25-9-7-23-20-37(15-13-22(23)18-25)14-12-21-6-10-26(27(31)17-21)30(33,34)35/h6-11,17-19,36H,2-5,12-16,20H2,1H3. The molecule has 0 saturated carbocycles. The van der Waals surface area contributed by atoms with E-state index in [9.17, 15) is 30.4 Å². The smallest absolute Gasteiger partial charge is 0.419 e. The van der Waals surface area contributed by atoms with Crippen LogP contribution in [0.3, 0.4) is 0 Å². The maximum absolute atomic E-state index is 14.6. The van der Waals surface area contributed by atoms with Gasteiger partial charge in [0.2, 0.25) is 0 Å². The van der Waals surface area contributed by atoms with Gasteiger partial charge in [0.25, 0.3) is 10.0 Å². The molecule has 4 rings (SSSR count). The largest absolute Gasteiger partial charge is 0.493 e. The summed E-state index contributed by atoms with van der Waals surface area (Å²) in [5.41, 5.74) is 0.771. The molecule has 0 fully saturated rings. The van der Waals surface area contributed by atoms with Crippen molar-refractivity contribution in [2.75, 3.05) is 24.4 Å². The van der Waals surface area contributed by atoms with Gasteiger partial charge in [-0.1, -0.05) is 38.3 Å². The molecule has 5 nitrogen and oxygen atoms in total. The maximum atomic E-state index is 14.6. The van der Waals surface area contributed by atoms with Gasteiger partial charge in [-0.3, -0.25) is 9.62 Å². The quantitative estimate of drug-likeness (QED) is 0.176. The van der Waals surface area contributed by atoms with E-state index in [4.69, 9.17) is 4.74 Å². The zero-order valence-electron chi connectivity index (χ0n) is 22.7. The summed E-state index contributed by atoms with van der Waals surface area (Å²) in [4.78, 5) is 2.09. The molecule has 1 N–H and O–H groups in total. The number of halogens is 5. The molecule has 0 amide bonds. The first-order valence-electron chi connectivity index (χ1n) is 13.6. The third-order valence-corrected chi connectivity index (χ3v) is 8.45. The molecule has 0 saturated heterocycles. The lowest BCUT2D eigenvalue weighted by Gasteiger charge is -2.29. The molecule has 222 valence electrons. The van der Waals surface area contributed by atoms with Crippen molar-refractivity contribution in [3.63, 3.8) is 0 Å². The van der Waals surface area contributed by atoms with Crippen LogP contribution >= 0.6 is 0 Å². The Morgan fingerprint density at radius 1 is 0.927 bits per heavy atom. The molecular weight excluding hydrogens is 563 g/mol. The lowest BCUT2D eigenvalue weighted by atomic mass is 9.99. The molecule has 1 heterocycles. The van der Waals surface area contributed by atoms with Crippen molar-refractivity contribution in [1.29, 1.82) is 0 Å². The summed E-state index contributed by atoms with van der Waals surface area (Å²) >= 11 is 0. The topological polar surface area (TPSA) is 58.6 Å². The van der Waals surface area contributed by atoms with Crippen LogP contribution in [0.5, 0.6) is 5.75 Å². The number of hydrogen-bond acceptors (Lipinski definition) is 4. The van der Waals surface area contributed by atoms with Gasteiger partial charge < -0.3 is 4.74 Å².